The Balaban J connectivity index is -0.000000360. The van der Waals surface area contributed by atoms with Crippen molar-refractivity contribution in [2.75, 3.05) is 13.2 Å². The first-order chi connectivity index (χ1) is 13.7. The molecule has 0 fully saturated rings. The average Bonchev–Trinajstić information content (AvgIpc) is 2.64. The van der Waals surface area contributed by atoms with Crippen molar-refractivity contribution in [2.45, 2.75) is 80.1 Å². The molecule has 0 aliphatic carbocycles. The predicted molar refractivity (Wildman–Crippen MR) is 101 cm³/mol. The van der Waals surface area contributed by atoms with Gasteiger partial charge in [0, 0.05) is 12.8 Å². The summed E-state index contributed by atoms with van der Waals surface area (Å²) in [6.07, 6.45) is 2.74. The van der Waals surface area contributed by atoms with E-state index in [9.17, 15) is 29.4 Å². The molecule has 0 saturated carbocycles. The molecular formula is C20H36O8Ti. The van der Waals surface area contributed by atoms with Gasteiger partial charge in [-0.3, -0.25) is 9.59 Å². The van der Waals surface area contributed by atoms with E-state index in [1.54, 1.807) is 13.8 Å². The second kappa shape index (κ2) is 23.2. The Morgan fingerprint density at radius 1 is 0.690 bits per heavy atom. The quantitative estimate of drug-likeness (QED) is 0.218. The van der Waals surface area contributed by atoms with Crippen molar-refractivity contribution in [1.29, 1.82) is 0 Å². The molecule has 0 rings (SSSR count). The Bertz CT molecular complexity index is 414. The Kier molecular flexibility index (Phi) is 26.1. The molecular weight excluding hydrogens is 416 g/mol. The van der Waals surface area contributed by atoms with Gasteiger partial charge in [0.1, 0.15) is 11.6 Å². The molecule has 0 saturated heterocycles. The van der Waals surface area contributed by atoms with E-state index >= 15 is 0 Å². The Labute approximate surface area is 184 Å². The summed E-state index contributed by atoms with van der Waals surface area (Å²) in [7, 11) is 0. The molecule has 2 atom stereocenters. The van der Waals surface area contributed by atoms with E-state index in [0.717, 1.165) is 13.2 Å². The van der Waals surface area contributed by atoms with Gasteiger partial charge in [0.25, 0.3) is 0 Å². The third-order valence-electron chi connectivity index (χ3n) is 3.56. The first-order valence-corrected chi connectivity index (χ1v) is 11.4. The molecule has 0 aliphatic heterocycles. The monoisotopic (exact) mass is 452 g/mol. The van der Waals surface area contributed by atoms with E-state index in [0.29, 0.717) is 38.5 Å². The third kappa shape index (κ3) is 20.0. The number of hydrogen-bond acceptors (Lipinski definition) is 8. The normalized spacial score (nSPS) is 11.5. The van der Waals surface area contributed by atoms with E-state index in [-0.39, 0.29) is 11.6 Å². The summed E-state index contributed by atoms with van der Waals surface area (Å²) in [6, 6.07) is 0. The molecule has 0 spiro atoms. The first kappa shape index (κ1) is 32.6. The van der Waals surface area contributed by atoms with Crippen LogP contribution in [0.25, 0.3) is 0 Å². The van der Waals surface area contributed by atoms with Crippen molar-refractivity contribution in [1.82, 2.24) is 0 Å². The third-order valence-corrected chi connectivity index (χ3v) is 4.83. The number of carboxylic acid groups (broad SMARTS) is 2. The molecule has 29 heavy (non-hydrogen) atoms. The van der Waals surface area contributed by atoms with Gasteiger partial charge < -0.3 is 19.8 Å². The maximum absolute atomic E-state index is 11.0. The van der Waals surface area contributed by atoms with Crippen molar-refractivity contribution in [3.63, 3.8) is 0 Å². The minimum atomic E-state index is -1.24. The van der Waals surface area contributed by atoms with E-state index < -0.39 is 43.7 Å². The van der Waals surface area contributed by atoms with Gasteiger partial charge in [0.05, 0.1) is 23.8 Å². The number of aliphatic carboxylic acids is 2. The minimum absolute atomic E-state index is 0.213. The van der Waals surface area contributed by atoms with Gasteiger partial charge >= 0.3 is 53.6 Å². The topological polar surface area (TPSA) is 133 Å². The van der Waals surface area contributed by atoms with Crippen molar-refractivity contribution in [3.05, 3.63) is 0 Å². The zero-order valence-electron chi connectivity index (χ0n) is 18.6. The number of rotatable bonds is 14. The van der Waals surface area contributed by atoms with Gasteiger partial charge in [0.15, 0.2) is 0 Å². The molecule has 0 aromatic rings. The fourth-order valence-corrected chi connectivity index (χ4v) is 2.55. The fourth-order valence-electron chi connectivity index (χ4n) is 2.05. The van der Waals surface area contributed by atoms with E-state index in [1.807, 2.05) is 27.7 Å². The standard InChI is InChI=1S/2C8H14O3.2C2H5O.Ti/c2*1-3-5-7(9)6(4-2)8(10)11;2*1-2-3;/h2*6H,3-5H2,1-2H3,(H,10,11);2*2H2,1H3;/q;;2*-1;+4/p-2. The molecule has 0 aromatic heterocycles. The van der Waals surface area contributed by atoms with Gasteiger partial charge in [-0.15, -0.1) is 0 Å². The number of ketones is 2. The van der Waals surface area contributed by atoms with Crippen LogP contribution in [0, 0.1) is 11.8 Å². The van der Waals surface area contributed by atoms with Crippen LogP contribution < -0.4 is 10.2 Å². The number of Topliss-reactive ketones (excluding diaryl/α,β-unsaturated/α-hetero) is 2. The SMILES string of the molecule is CCCC(=O)C(CC)C(=O)[O-].CCCC(=O)C(CC)C(=O)[O-].CC[O][Ti+2][O]CC. The second-order valence-corrected chi connectivity index (χ2v) is 7.10. The predicted octanol–water partition coefficient (Wildman–Crippen LogP) is 1.24. The molecule has 9 heteroatoms. The second-order valence-electron chi connectivity index (χ2n) is 5.94. The van der Waals surface area contributed by atoms with E-state index in [1.165, 1.54) is 0 Å². The van der Waals surface area contributed by atoms with Crippen molar-refractivity contribution >= 4 is 23.5 Å². The Morgan fingerprint density at radius 3 is 1.17 bits per heavy atom. The van der Waals surface area contributed by atoms with Gasteiger partial charge in [-0.1, -0.05) is 27.7 Å². The van der Waals surface area contributed by atoms with Crippen LogP contribution in [0.2, 0.25) is 0 Å². The number of carboxylic acids is 2. The van der Waals surface area contributed by atoms with E-state index in [2.05, 4.69) is 0 Å². The summed E-state index contributed by atoms with van der Waals surface area (Å²) in [4.78, 5) is 42.6. The van der Waals surface area contributed by atoms with Gasteiger partial charge in [-0.05, 0) is 25.7 Å². The molecule has 0 aromatic carbocycles. The zero-order chi connectivity index (χ0) is 23.2. The molecule has 0 bridgehead atoms. The number of hydrogen-bond donors (Lipinski definition) is 0. The molecule has 2 unspecified atom stereocenters. The van der Waals surface area contributed by atoms with Crippen LogP contribution in [0.4, 0.5) is 0 Å². The van der Waals surface area contributed by atoms with Crippen LogP contribution in [0.5, 0.6) is 0 Å². The maximum atomic E-state index is 11.0. The van der Waals surface area contributed by atoms with Crippen LogP contribution in [-0.4, -0.2) is 36.7 Å². The van der Waals surface area contributed by atoms with Crippen molar-refractivity contribution < 1.29 is 56.0 Å². The molecule has 0 radical (unpaired) electrons. The van der Waals surface area contributed by atoms with Crippen LogP contribution in [0.1, 0.15) is 80.1 Å². The first-order valence-electron chi connectivity index (χ1n) is 10.1. The van der Waals surface area contributed by atoms with Crippen molar-refractivity contribution in [3.8, 4) is 0 Å². The summed E-state index contributed by atoms with van der Waals surface area (Å²) in [6.45, 7) is 12.6. The zero-order valence-corrected chi connectivity index (χ0v) is 20.1. The Hall–Kier alpha value is -1.09. The molecule has 0 N–H and O–H groups in total. The summed E-state index contributed by atoms with van der Waals surface area (Å²) in [5, 5.41) is 20.6. The van der Waals surface area contributed by atoms with Crippen molar-refractivity contribution in [2.24, 2.45) is 11.8 Å². The molecule has 168 valence electrons. The van der Waals surface area contributed by atoms with Crippen LogP contribution in [0.3, 0.4) is 0 Å². The van der Waals surface area contributed by atoms with E-state index in [4.69, 9.17) is 6.64 Å². The van der Waals surface area contributed by atoms with Gasteiger partial charge in [0.2, 0.25) is 0 Å². The van der Waals surface area contributed by atoms with Gasteiger partial charge in [-0.2, -0.15) is 0 Å². The molecule has 8 nitrogen and oxygen atoms in total. The van der Waals surface area contributed by atoms with Crippen LogP contribution >= 0.6 is 0 Å². The van der Waals surface area contributed by atoms with Crippen LogP contribution in [0.15, 0.2) is 0 Å². The summed E-state index contributed by atoms with van der Waals surface area (Å²) in [5.41, 5.74) is 0. The number of carbonyl (C=O) groups is 4. The Morgan fingerprint density at radius 2 is 1.00 bits per heavy atom. The fraction of sp³-hybridized carbons (Fsp3) is 0.800. The van der Waals surface area contributed by atoms with Gasteiger partial charge in [-0.25, -0.2) is 0 Å². The summed E-state index contributed by atoms with van der Waals surface area (Å²) in [5.74, 6) is -4.70. The molecule has 0 amide bonds. The van der Waals surface area contributed by atoms with Crippen LogP contribution in [-0.2, 0) is 45.7 Å². The average molecular weight is 452 g/mol. The molecule has 0 heterocycles. The summed E-state index contributed by atoms with van der Waals surface area (Å²) < 4.78 is 9.95. The molecule has 0 aliphatic rings. The number of carbonyl (C=O) groups excluding carboxylic acids is 4. The summed E-state index contributed by atoms with van der Waals surface area (Å²) >= 11 is -0.486.